The summed E-state index contributed by atoms with van der Waals surface area (Å²) in [6, 6.07) is 24.7. The van der Waals surface area contributed by atoms with Crippen molar-refractivity contribution in [3.63, 3.8) is 0 Å². The highest BCUT2D eigenvalue weighted by Gasteiger charge is 2.21. The van der Waals surface area contributed by atoms with Crippen LogP contribution in [0.4, 0.5) is 4.39 Å². The molecule has 0 aliphatic carbocycles. The lowest BCUT2D eigenvalue weighted by Crippen LogP contribution is -2.03. The van der Waals surface area contributed by atoms with Crippen molar-refractivity contribution < 1.29 is 13.9 Å². The SMILES string of the molecule is Fc1c(I)ccc(-c2c(OCc3ccccc3)ccnc2OCc2ccccc2)c1Cl. The Balaban J connectivity index is 1.73. The minimum atomic E-state index is -0.480. The molecule has 0 radical (unpaired) electrons. The summed E-state index contributed by atoms with van der Waals surface area (Å²) in [5.74, 6) is 0.369. The molecule has 3 aromatic carbocycles. The summed E-state index contributed by atoms with van der Waals surface area (Å²) in [4.78, 5) is 4.39. The molecule has 6 heteroatoms. The van der Waals surface area contributed by atoms with Crippen molar-refractivity contribution in [1.82, 2.24) is 4.98 Å². The van der Waals surface area contributed by atoms with E-state index in [-0.39, 0.29) is 5.02 Å². The summed E-state index contributed by atoms with van der Waals surface area (Å²) in [6.07, 6.45) is 1.61. The lowest BCUT2D eigenvalue weighted by atomic mass is 10.1. The first kappa shape index (κ1) is 21.6. The number of aromatic nitrogens is 1. The Morgan fingerprint density at radius 3 is 2.06 bits per heavy atom. The van der Waals surface area contributed by atoms with E-state index in [0.717, 1.165) is 11.1 Å². The Bertz CT molecular complexity index is 1110. The van der Waals surface area contributed by atoms with Gasteiger partial charge in [-0.3, -0.25) is 0 Å². The number of ether oxygens (including phenoxy) is 2. The van der Waals surface area contributed by atoms with Crippen LogP contribution in [-0.2, 0) is 13.2 Å². The normalized spacial score (nSPS) is 10.7. The topological polar surface area (TPSA) is 31.4 Å². The Labute approximate surface area is 199 Å². The zero-order valence-electron chi connectivity index (χ0n) is 16.4. The van der Waals surface area contributed by atoms with Crippen molar-refractivity contribution >= 4 is 34.2 Å². The third-order valence-corrected chi connectivity index (χ3v) is 5.84. The van der Waals surface area contributed by atoms with E-state index in [4.69, 9.17) is 21.1 Å². The predicted octanol–water partition coefficient (Wildman–Crippen LogP) is 7.30. The fraction of sp³-hybridized carbons (Fsp3) is 0.0800. The third-order valence-electron chi connectivity index (χ3n) is 4.64. The maximum Gasteiger partial charge on any atom is 0.225 e. The molecule has 4 aromatic rings. The predicted molar refractivity (Wildman–Crippen MR) is 129 cm³/mol. The van der Waals surface area contributed by atoms with Crippen molar-refractivity contribution in [2.45, 2.75) is 13.2 Å². The first-order chi connectivity index (χ1) is 15.1. The van der Waals surface area contributed by atoms with Crippen LogP contribution in [0.15, 0.2) is 85.1 Å². The van der Waals surface area contributed by atoms with Crippen molar-refractivity contribution in [1.29, 1.82) is 0 Å². The van der Waals surface area contributed by atoms with Crippen LogP contribution in [0, 0.1) is 9.39 Å². The van der Waals surface area contributed by atoms with Gasteiger partial charge in [-0.15, -0.1) is 0 Å². The van der Waals surface area contributed by atoms with Crippen molar-refractivity contribution in [2.24, 2.45) is 0 Å². The van der Waals surface area contributed by atoms with Crippen LogP contribution in [0.25, 0.3) is 11.1 Å². The molecule has 1 aromatic heterocycles. The maximum absolute atomic E-state index is 14.6. The second kappa shape index (κ2) is 10.1. The molecule has 0 atom stereocenters. The summed E-state index contributed by atoms with van der Waals surface area (Å²) < 4.78 is 27.2. The van der Waals surface area contributed by atoms with Crippen LogP contribution < -0.4 is 9.47 Å². The van der Waals surface area contributed by atoms with Gasteiger partial charge in [0.2, 0.25) is 5.88 Å². The quantitative estimate of drug-likeness (QED) is 0.180. The monoisotopic (exact) mass is 545 g/mol. The molecule has 1 heterocycles. The van der Waals surface area contributed by atoms with Gasteiger partial charge in [-0.05, 0) is 45.9 Å². The molecule has 0 aliphatic rings. The van der Waals surface area contributed by atoms with Crippen molar-refractivity contribution in [3.8, 4) is 22.8 Å². The molecule has 0 bridgehead atoms. The molecule has 3 nitrogen and oxygen atoms in total. The van der Waals surface area contributed by atoms with E-state index in [0.29, 0.717) is 39.5 Å². The van der Waals surface area contributed by atoms with E-state index in [1.54, 1.807) is 24.4 Å². The summed E-state index contributed by atoms with van der Waals surface area (Å²) in [7, 11) is 0. The molecular formula is C25H18ClFINO2. The lowest BCUT2D eigenvalue weighted by Gasteiger charge is -2.17. The highest BCUT2D eigenvalue weighted by Crippen LogP contribution is 2.42. The van der Waals surface area contributed by atoms with Gasteiger partial charge in [0.15, 0.2) is 5.82 Å². The number of benzene rings is 3. The first-order valence-electron chi connectivity index (χ1n) is 9.60. The number of rotatable bonds is 7. The molecule has 4 rings (SSSR count). The van der Waals surface area contributed by atoms with Crippen LogP contribution in [0.1, 0.15) is 11.1 Å². The minimum Gasteiger partial charge on any atom is -0.488 e. The fourth-order valence-corrected chi connectivity index (χ4v) is 3.95. The largest absolute Gasteiger partial charge is 0.488 e. The van der Waals surface area contributed by atoms with Crippen molar-refractivity contribution in [2.75, 3.05) is 0 Å². The Hall–Kier alpha value is -2.64. The second-order valence-corrected chi connectivity index (χ2v) is 8.30. The molecule has 0 saturated carbocycles. The van der Waals surface area contributed by atoms with Gasteiger partial charge in [0, 0.05) is 11.8 Å². The van der Waals surface area contributed by atoms with Crippen LogP contribution in [0.2, 0.25) is 5.02 Å². The number of hydrogen-bond acceptors (Lipinski definition) is 3. The molecule has 0 amide bonds. The van der Waals surface area contributed by atoms with E-state index in [1.807, 2.05) is 83.3 Å². The molecule has 31 heavy (non-hydrogen) atoms. The number of halogens is 3. The summed E-state index contributed by atoms with van der Waals surface area (Å²) in [5, 5.41) is 0.00835. The van der Waals surface area contributed by atoms with Gasteiger partial charge >= 0.3 is 0 Å². The van der Waals surface area contributed by atoms with E-state index >= 15 is 0 Å². The molecule has 0 N–H and O–H groups in total. The summed E-state index contributed by atoms with van der Waals surface area (Å²) >= 11 is 8.31. The fourth-order valence-electron chi connectivity index (χ4n) is 3.08. The van der Waals surface area contributed by atoms with Gasteiger partial charge < -0.3 is 9.47 Å². The molecule has 0 fully saturated rings. The first-order valence-corrected chi connectivity index (χ1v) is 11.1. The van der Waals surface area contributed by atoms with E-state index < -0.39 is 5.82 Å². The van der Waals surface area contributed by atoms with E-state index in [2.05, 4.69) is 4.98 Å². The van der Waals surface area contributed by atoms with Gasteiger partial charge in [0.05, 0.1) is 14.2 Å². The Morgan fingerprint density at radius 1 is 0.806 bits per heavy atom. The van der Waals surface area contributed by atoms with Gasteiger partial charge in [0.1, 0.15) is 19.0 Å². The number of nitrogens with zero attached hydrogens (tertiary/aromatic N) is 1. The molecule has 0 unspecified atom stereocenters. The van der Waals surface area contributed by atoms with Gasteiger partial charge in [-0.1, -0.05) is 78.3 Å². The lowest BCUT2D eigenvalue weighted by molar-refractivity contribution is 0.284. The molecule has 0 saturated heterocycles. The average molecular weight is 546 g/mol. The molecule has 0 aliphatic heterocycles. The van der Waals surface area contributed by atoms with Gasteiger partial charge in [0.25, 0.3) is 0 Å². The Morgan fingerprint density at radius 2 is 1.42 bits per heavy atom. The van der Waals surface area contributed by atoms with Crippen LogP contribution in [0.5, 0.6) is 11.6 Å². The summed E-state index contributed by atoms with van der Waals surface area (Å²) in [6.45, 7) is 0.661. The minimum absolute atomic E-state index is 0.00835. The van der Waals surface area contributed by atoms with E-state index in [1.165, 1.54) is 0 Å². The zero-order valence-corrected chi connectivity index (χ0v) is 19.3. The standard InChI is InChI=1S/C25H18ClFINO2/c26-23-19(11-12-20(28)24(23)27)22-21(30-15-17-7-3-1-4-8-17)13-14-29-25(22)31-16-18-9-5-2-6-10-18/h1-14H,15-16H2. The molecular weight excluding hydrogens is 528 g/mol. The van der Waals surface area contributed by atoms with E-state index in [9.17, 15) is 4.39 Å². The second-order valence-electron chi connectivity index (χ2n) is 6.76. The third kappa shape index (κ3) is 5.17. The summed E-state index contributed by atoms with van der Waals surface area (Å²) in [5.41, 5.74) is 3.00. The number of hydrogen-bond donors (Lipinski definition) is 0. The van der Waals surface area contributed by atoms with Gasteiger partial charge in [-0.25, -0.2) is 9.37 Å². The highest BCUT2D eigenvalue weighted by atomic mass is 127. The molecule has 0 spiro atoms. The Kier molecular flexibility index (Phi) is 7.04. The number of pyridine rings is 1. The van der Waals surface area contributed by atoms with Crippen LogP contribution in [0.3, 0.4) is 0 Å². The van der Waals surface area contributed by atoms with Gasteiger partial charge in [-0.2, -0.15) is 0 Å². The van der Waals surface area contributed by atoms with Crippen LogP contribution >= 0.6 is 34.2 Å². The van der Waals surface area contributed by atoms with Crippen LogP contribution in [-0.4, -0.2) is 4.98 Å². The zero-order chi connectivity index (χ0) is 21.6. The molecule has 156 valence electrons. The maximum atomic E-state index is 14.6. The van der Waals surface area contributed by atoms with Crippen molar-refractivity contribution in [3.05, 3.63) is 111 Å². The smallest absolute Gasteiger partial charge is 0.225 e. The highest BCUT2D eigenvalue weighted by molar-refractivity contribution is 14.1. The average Bonchev–Trinajstić information content (AvgIpc) is 2.82.